The van der Waals surface area contributed by atoms with Crippen LogP contribution < -0.4 is 5.32 Å². The first-order valence-corrected chi connectivity index (χ1v) is 7.59. The Labute approximate surface area is 127 Å². The molecule has 5 nitrogen and oxygen atoms in total. The topological polar surface area (TPSA) is 75.1 Å². The molecular weight excluding hydrogens is 266 g/mol. The van der Waals surface area contributed by atoms with Crippen molar-refractivity contribution in [3.63, 3.8) is 0 Å². The van der Waals surface area contributed by atoms with E-state index in [9.17, 15) is 4.79 Å². The molecule has 2 N–H and O–H groups in total. The van der Waals surface area contributed by atoms with Crippen LogP contribution in [-0.2, 0) is 4.79 Å². The first-order chi connectivity index (χ1) is 9.77. The third kappa shape index (κ3) is 6.56. The third-order valence-electron chi connectivity index (χ3n) is 3.23. The zero-order valence-electron chi connectivity index (χ0n) is 13.7. The second-order valence-corrected chi connectivity index (χ2v) is 6.38. The van der Waals surface area contributed by atoms with E-state index < -0.39 is 5.97 Å². The van der Waals surface area contributed by atoms with E-state index in [-0.39, 0.29) is 18.3 Å². The van der Waals surface area contributed by atoms with E-state index in [2.05, 4.69) is 43.0 Å². The molecular formula is C16H27N3O2. The van der Waals surface area contributed by atoms with Gasteiger partial charge in [0.15, 0.2) is 0 Å². The van der Waals surface area contributed by atoms with Gasteiger partial charge in [0.1, 0.15) is 11.6 Å². The van der Waals surface area contributed by atoms with Crippen LogP contribution in [0.25, 0.3) is 0 Å². The van der Waals surface area contributed by atoms with Crippen molar-refractivity contribution in [2.24, 2.45) is 11.8 Å². The van der Waals surface area contributed by atoms with Gasteiger partial charge >= 0.3 is 5.97 Å². The molecule has 0 spiro atoms. The average molecular weight is 293 g/mol. The molecule has 0 saturated heterocycles. The number of nitrogens with one attached hydrogen (secondary N) is 1. The summed E-state index contributed by atoms with van der Waals surface area (Å²) in [5, 5.41) is 12.3. The lowest BCUT2D eigenvalue weighted by atomic mass is 9.94. The number of hydrogen-bond acceptors (Lipinski definition) is 4. The minimum Gasteiger partial charge on any atom is -0.481 e. The Kier molecular flexibility index (Phi) is 6.59. The summed E-state index contributed by atoms with van der Waals surface area (Å²) in [7, 11) is 0. The number of aryl methyl sites for hydroxylation is 1. The summed E-state index contributed by atoms with van der Waals surface area (Å²) in [6.07, 6.45) is 1.08. The third-order valence-corrected chi connectivity index (χ3v) is 3.23. The van der Waals surface area contributed by atoms with Crippen molar-refractivity contribution in [3.8, 4) is 0 Å². The Balaban J connectivity index is 2.72. The van der Waals surface area contributed by atoms with Crippen molar-refractivity contribution >= 4 is 11.8 Å². The maximum atomic E-state index is 10.9. The van der Waals surface area contributed by atoms with E-state index in [4.69, 9.17) is 5.11 Å². The van der Waals surface area contributed by atoms with Gasteiger partial charge in [0.25, 0.3) is 0 Å². The van der Waals surface area contributed by atoms with Gasteiger partial charge in [-0.15, -0.1) is 0 Å². The quantitative estimate of drug-likeness (QED) is 0.767. The molecule has 0 fully saturated rings. The van der Waals surface area contributed by atoms with Crippen molar-refractivity contribution in [3.05, 3.63) is 17.6 Å². The van der Waals surface area contributed by atoms with E-state index in [1.807, 2.05) is 13.0 Å². The van der Waals surface area contributed by atoms with Crippen molar-refractivity contribution in [1.82, 2.24) is 9.97 Å². The zero-order valence-corrected chi connectivity index (χ0v) is 13.7. The first-order valence-electron chi connectivity index (χ1n) is 7.59. The van der Waals surface area contributed by atoms with Crippen molar-refractivity contribution in [2.45, 2.75) is 53.4 Å². The molecule has 21 heavy (non-hydrogen) atoms. The Morgan fingerprint density at radius 1 is 1.29 bits per heavy atom. The highest BCUT2D eigenvalue weighted by Crippen LogP contribution is 2.18. The van der Waals surface area contributed by atoms with Gasteiger partial charge in [0.2, 0.25) is 0 Å². The summed E-state index contributed by atoms with van der Waals surface area (Å²) in [6, 6.07) is 1.90. The molecule has 0 aliphatic carbocycles. The van der Waals surface area contributed by atoms with Crippen molar-refractivity contribution in [1.29, 1.82) is 0 Å². The second kappa shape index (κ2) is 7.96. The largest absolute Gasteiger partial charge is 0.481 e. The molecule has 1 aromatic heterocycles. The maximum Gasteiger partial charge on any atom is 0.303 e. The standard InChI is InChI=1S/C16H27N3O2/c1-10(2)6-13(8-15(20)21)9-17-14-7-12(5)18-16(19-14)11(3)4/h7,10-11,13H,6,8-9H2,1-5H3,(H,20,21)(H,17,18,19). The smallest absolute Gasteiger partial charge is 0.303 e. The van der Waals surface area contributed by atoms with Gasteiger partial charge in [-0.2, -0.15) is 0 Å². The monoisotopic (exact) mass is 293 g/mol. The number of aliphatic carboxylic acids is 1. The molecule has 0 radical (unpaired) electrons. The summed E-state index contributed by atoms with van der Waals surface area (Å²) in [5.74, 6) is 1.72. The van der Waals surface area contributed by atoms with Crippen LogP contribution >= 0.6 is 0 Å². The van der Waals surface area contributed by atoms with Gasteiger partial charge in [-0.3, -0.25) is 4.79 Å². The summed E-state index contributed by atoms with van der Waals surface area (Å²) >= 11 is 0. The normalized spacial score (nSPS) is 12.7. The summed E-state index contributed by atoms with van der Waals surface area (Å²) < 4.78 is 0. The molecule has 1 atom stereocenters. The van der Waals surface area contributed by atoms with Gasteiger partial charge in [-0.05, 0) is 25.2 Å². The number of nitrogens with zero attached hydrogens (tertiary/aromatic N) is 2. The highest BCUT2D eigenvalue weighted by molar-refractivity contribution is 5.67. The van der Waals surface area contributed by atoms with Crippen LogP contribution in [0.1, 0.15) is 58.0 Å². The minimum atomic E-state index is -0.746. The summed E-state index contributed by atoms with van der Waals surface area (Å²) in [5.41, 5.74) is 0.926. The van der Waals surface area contributed by atoms with Crippen molar-refractivity contribution in [2.75, 3.05) is 11.9 Å². The van der Waals surface area contributed by atoms with Crippen LogP contribution in [0.3, 0.4) is 0 Å². The fraction of sp³-hybridized carbons (Fsp3) is 0.688. The van der Waals surface area contributed by atoms with Gasteiger partial charge in [-0.25, -0.2) is 9.97 Å². The molecule has 0 aliphatic rings. The number of aromatic nitrogens is 2. The molecule has 0 saturated carbocycles. The number of carboxylic acid groups (broad SMARTS) is 1. The Morgan fingerprint density at radius 3 is 2.48 bits per heavy atom. The van der Waals surface area contributed by atoms with Crippen molar-refractivity contribution < 1.29 is 9.90 Å². The number of rotatable bonds is 8. The lowest BCUT2D eigenvalue weighted by Gasteiger charge is -2.18. The lowest BCUT2D eigenvalue weighted by Crippen LogP contribution is -2.20. The fourth-order valence-electron chi connectivity index (χ4n) is 2.34. The molecule has 5 heteroatoms. The second-order valence-electron chi connectivity index (χ2n) is 6.38. The van der Waals surface area contributed by atoms with E-state index >= 15 is 0 Å². The van der Waals surface area contributed by atoms with E-state index in [0.717, 1.165) is 23.8 Å². The highest BCUT2D eigenvalue weighted by Gasteiger charge is 2.15. The molecule has 118 valence electrons. The molecule has 1 aromatic rings. The number of anilines is 1. The first kappa shape index (κ1) is 17.4. The summed E-state index contributed by atoms with van der Waals surface area (Å²) in [6.45, 7) is 10.9. The molecule has 0 bridgehead atoms. The number of carboxylic acids is 1. The van der Waals surface area contributed by atoms with Gasteiger partial charge in [0, 0.05) is 30.6 Å². The van der Waals surface area contributed by atoms with Crippen LogP contribution in [-0.4, -0.2) is 27.6 Å². The van der Waals surface area contributed by atoms with Crippen LogP contribution in [0, 0.1) is 18.8 Å². The lowest BCUT2D eigenvalue weighted by molar-refractivity contribution is -0.138. The van der Waals surface area contributed by atoms with E-state index in [1.165, 1.54) is 0 Å². The maximum absolute atomic E-state index is 10.9. The minimum absolute atomic E-state index is 0.111. The number of carbonyl (C=O) groups is 1. The molecule has 0 amide bonds. The van der Waals surface area contributed by atoms with Gasteiger partial charge in [0.05, 0.1) is 0 Å². The molecule has 1 rings (SSSR count). The zero-order chi connectivity index (χ0) is 16.0. The predicted molar refractivity (Wildman–Crippen MR) is 84.5 cm³/mol. The van der Waals surface area contributed by atoms with Gasteiger partial charge < -0.3 is 10.4 Å². The predicted octanol–water partition coefficient (Wildman–Crippen LogP) is 3.46. The molecule has 1 unspecified atom stereocenters. The van der Waals surface area contributed by atoms with Crippen LogP contribution in [0.15, 0.2) is 6.07 Å². The van der Waals surface area contributed by atoms with Gasteiger partial charge in [-0.1, -0.05) is 27.7 Å². The average Bonchev–Trinajstić information content (AvgIpc) is 2.34. The molecule has 0 aromatic carbocycles. The van der Waals surface area contributed by atoms with Crippen LogP contribution in [0.5, 0.6) is 0 Å². The van der Waals surface area contributed by atoms with Crippen LogP contribution in [0.2, 0.25) is 0 Å². The van der Waals surface area contributed by atoms with E-state index in [1.54, 1.807) is 0 Å². The fourth-order valence-corrected chi connectivity index (χ4v) is 2.34. The highest BCUT2D eigenvalue weighted by atomic mass is 16.4. The number of hydrogen-bond donors (Lipinski definition) is 2. The molecule has 1 heterocycles. The summed E-state index contributed by atoms with van der Waals surface area (Å²) in [4.78, 5) is 19.9. The Morgan fingerprint density at radius 2 is 1.95 bits per heavy atom. The van der Waals surface area contributed by atoms with Crippen LogP contribution in [0.4, 0.5) is 5.82 Å². The Hall–Kier alpha value is -1.65. The van der Waals surface area contributed by atoms with E-state index in [0.29, 0.717) is 12.5 Å². The Bertz CT molecular complexity index is 473. The molecule has 0 aliphatic heterocycles. The SMILES string of the molecule is Cc1cc(NCC(CC(=O)O)CC(C)C)nc(C(C)C)n1.